The summed E-state index contributed by atoms with van der Waals surface area (Å²) in [4.78, 5) is 5.33. The van der Waals surface area contributed by atoms with Crippen LogP contribution in [0.4, 0.5) is 0 Å². The van der Waals surface area contributed by atoms with E-state index in [1.54, 1.807) is 17.5 Å². The smallest absolute Gasteiger partial charge is 0.138 e. The van der Waals surface area contributed by atoms with Gasteiger partial charge in [-0.1, -0.05) is 0 Å². The van der Waals surface area contributed by atoms with Gasteiger partial charge in [0.25, 0.3) is 0 Å². The molecule has 16 heavy (non-hydrogen) atoms. The summed E-state index contributed by atoms with van der Waals surface area (Å²) in [6.45, 7) is 0.568. The molecule has 2 heterocycles. The molecule has 5 heteroatoms. The molecule has 2 aromatic rings. The summed E-state index contributed by atoms with van der Waals surface area (Å²) >= 11 is 10.7. The first-order valence-electron chi connectivity index (χ1n) is 4.64. The van der Waals surface area contributed by atoms with E-state index in [-0.39, 0.29) is 0 Å². The van der Waals surface area contributed by atoms with Crippen LogP contribution in [0.1, 0.15) is 10.6 Å². The van der Waals surface area contributed by atoms with Crippen molar-refractivity contribution in [2.45, 2.75) is 12.5 Å². The van der Waals surface area contributed by atoms with Gasteiger partial charge in [-0.3, -0.25) is 4.98 Å². The SMILES string of the molecule is ClCc1ccc(OCc2cc(Br)cs2)cn1. The van der Waals surface area contributed by atoms with Crippen LogP contribution in [0.25, 0.3) is 0 Å². The van der Waals surface area contributed by atoms with Gasteiger partial charge < -0.3 is 4.74 Å². The van der Waals surface area contributed by atoms with Gasteiger partial charge in [0.15, 0.2) is 0 Å². The van der Waals surface area contributed by atoms with Crippen molar-refractivity contribution in [3.05, 3.63) is 44.8 Å². The predicted molar refractivity (Wildman–Crippen MR) is 70.1 cm³/mol. The molecule has 2 aromatic heterocycles. The van der Waals surface area contributed by atoms with E-state index in [1.165, 1.54) is 4.88 Å². The van der Waals surface area contributed by atoms with Crippen molar-refractivity contribution >= 4 is 38.9 Å². The summed E-state index contributed by atoms with van der Waals surface area (Å²) in [5, 5.41) is 2.04. The minimum absolute atomic E-state index is 0.429. The molecule has 0 bridgehead atoms. The molecule has 0 aliphatic carbocycles. The molecule has 0 amide bonds. The topological polar surface area (TPSA) is 22.1 Å². The van der Waals surface area contributed by atoms with Crippen LogP contribution in [0.3, 0.4) is 0 Å². The number of halogens is 2. The van der Waals surface area contributed by atoms with Crippen LogP contribution in [0, 0.1) is 0 Å². The second kappa shape index (κ2) is 5.66. The van der Waals surface area contributed by atoms with Crippen LogP contribution < -0.4 is 4.74 Å². The molecule has 0 radical (unpaired) electrons. The van der Waals surface area contributed by atoms with Crippen molar-refractivity contribution in [3.63, 3.8) is 0 Å². The number of rotatable bonds is 4. The highest BCUT2D eigenvalue weighted by Crippen LogP contribution is 2.21. The lowest BCUT2D eigenvalue weighted by molar-refractivity contribution is 0.308. The van der Waals surface area contributed by atoms with E-state index in [9.17, 15) is 0 Å². The number of nitrogens with zero attached hydrogens (tertiary/aromatic N) is 1. The van der Waals surface area contributed by atoms with Gasteiger partial charge in [0.05, 0.1) is 17.8 Å². The minimum atomic E-state index is 0.429. The van der Waals surface area contributed by atoms with E-state index in [0.29, 0.717) is 12.5 Å². The van der Waals surface area contributed by atoms with Crippen LogP contribution >= 0.6 is 38.9 Å². The van der Waals surface area contributed by atoms with Crippen LogP contribution in [-0.4, -0.2) is 4.98 Å². The average molecular weight is 319 g/mol. The lowest BCUT2D eigenvalue weighted by atomic mass is 10.4. The molecule has 0 saturated heterocycles. The minimum Gasteiger partial charge on any atom is -0.486 e. The summed E-state index contributed by atoms with van der Waals surface area (Å²) in [6, 6.07) is 5.80. The van der Waals surface area contributed by atoms with E-state index in [4.69, 9.17) is 16.3 Å². The number of thiophene rings is 1. The Morgan fingerprint density at radius 3 is 2.88 bits per heavy atom. The molecule has 2 rings (SSSR count). The van der Waals surface area contributed by atoms with E-state index in [2.05, 4.69) is 20.9 Å². The average Bonchev–Trinajstić information content (AvgIpc) is 2.73. The van der Waals surface area contributed by atoms with Gasteiger partial charge in [0.1, 0.15) is 12.4 Å². The Labute approximate surface area is 111 Å². The van der Waals surface area contributed by atoms with E-state index in [0.717, 1.165) is 15.9 Å². The lowest BCUT2D eigenvalue weighted by Gasteiger charge is -2.04. The first kappa shape index (κ1) is 11.9. The Morgan fingerprint density at radius 1 is 1.44 bits per heavy atom. The normalized spacial score (nSPS) is 10.4. The van der Waals surface area contributed by atoms with Gasteiger partial charge in [0.2, 0.25) is 0 Å². The molecule has 84 valence electrons. The van der Waals surface area contributed by atoms with Crippen LogP contribution in [0.5, 0.6) is 5.75 Å². The standard InChI is InChI=1S/C11H9BrClNOS/c12-8-3-11(16-7-8)6-15-10-2-1-9(4-13)14-5-10/h1-3,5,7H,4,6H2. The molecule has 0 saturated carbocycles. The third kappa shape index (κ3) is 3.20. The Bertz CT molecular complexity index is 457. The Kier molecular flexibility index (Phi) is 4.21. The molecule has 0 aromatic carbocycles. The number of ether oxygens (including phenoxy) is 1. The van der Waals surface area contributed by atoms with E-state index < -0.39 is 0 Å². The van der Waals surface area contributed by atoms with Crippen LogP contribution in [0.15, 0.2) is 34.2 Å². The van der Waals surface area contributed by atoms with Crippen molar-refractivity contribution < 1.29 is 4.74 Å². The first-order chi connectivity index (χ1) is 7.78. The molecule has 0 unspecified atom stereocenters. The summed E-state index contributed by atoms with van der Waals surface area (Å²) in [5.41, 5.74) is 0.855. The first-order valence-corrected chi connectivity index (χ1v) is 6.85. The summed E-state index contributed by atoms with van der Waals surface area (Å²) in [5.74, 6) is 1.19. The fraction of sp³-hybridized carbons (Fsp3) is 0.182. The fourth-order valence-corrected chi connectivity index (χ4v) is 2.68. The molecule has 0 aliphatic rings. The zero-order valence-corrected chi connectivity index (χ0v) is 11.5. The van der Waals surface area contributed by atoms with Crippen molar-refractivity contribution in [2.75, 3.05) is 0 Å². The van der Waals surface area contributed by atoms with Crippen LogP contribution in [0.2, 0.25) is 0 Å². The molecular formula is C11H9BrClNOS. The second-order valence-corrected chi connectivity index (χ2v) is 5.32. The third-order valence-electron chi connectivity index (χ3n) is 1.94. The van der Waals surface area contributed by atoms with Gasteiger partial charge in [-0.2, -0.15) is 0 Å². The molecule has 2 nitrogen and oxygen atoms in total. The number of aromatic nitrogens is 1. The van der Waals surface area contributed by atoms with Crippen molar-refractivity contribution in [1.82, 2.24) is 4.98 Å². The molecule has 0 fully saturated rings. The highest BCUT2D eigenvalue weighted by atomic mass is 79.9. The quantitative estimate of drug-likeness (QED) is 0.787. The Morgan fingerprint density at radius 2 is 2.31 bits per heavy atom. The van der Waals surface area contributed by atoms with E-state index in [1.807, 2.05) is 23.6 Å². The molecular weight excluding hydrogens is 310 g/mol. The van der Waals surface area contributed by atoms with Crippen molar-refractivity contribution in [1.29, 1.82) is 0 Å². The van der Waals surface area contributed by atoms with Crippen molar-refractivity contribution in [2.24, 2.45) is 0 Å². The maximum atomic E-state index is 5.65. The maximum absolute atomic E-state index is 5.65. The maximum Gasteiger partial charge on any atom is 0.138 e. The van der Waals surface area contributed by atoms with Gasteiger partial charge >= 0.3 is 0 Å². The highest BCUT2D eigenvalue weighted by molar-refractivity contribution is 9.10. The Balaban J connectivity index is 1.94. The lowest BCUT2D eigenvalue weighted by Crippen LogP contribution is -1.94. The second-order valence-electron chi connectivity index (χ2n) is 3.14. The predicted octanol–water partition coefficient (Wildman–Crippen LogP) is 4.22. The van der Waals surface area contributed by atoms with Gasteiger partial charge in [0, 0.05) is 14.7 Å². The Hall–Kier alpha value is -0.580. The number of hydrogen-bond acceptors (Lipinski definition) is 3. The van der Waals surface area contributed by atoms with Gasteiger partial charge in [-0.05, 0) is 34.1 Å². The summed E-state index contributed by atoms with van der Waals surface area (Å²) in [7, 11) is 0. The van der Waals surface area contributed by atoms with E-state index >= 15 is 0 Å². The van der Waals surface area contributed by atoms with Crippen molar-refractivity contribution in [3.8, 4) is 5.75 Å². The van der Waals surface area contributed by atoms with Gasteiger partial charge in [-0.15, -0.1) is 22.9 Å². The highest BCUT2D eigenvalue weighted by Gasteiger charge is 2.00. The zero-order valence-electron chi connectivity index (χ0n) is 8.32. The molecule has 0 spiro atoms. The largest absolute Gasteiger partial charge is 0.486 e. The van der Waals surface area contributed by atoms with Crippen LogP contribution in [-0.2, 0) is 12.5 Å². The zero-order chi connectivity index (χ0) is 11.4. The summed E-state index contributed by atoms with van der Waals surface area (Å²) < 4.78 is 6.68. The number of hydrogen-bond donors (Lipinski definition) is 0. The number of alkyl halides is 1. The third-order valence-corrected chi connectivity index (χ3v) is 3.88. The number of pyridine rings is 1. The molecule has 0 N–H and O–H groups in total. The monoisotopic (exact) mass is 317 g/mol. The summed E-state index contributed by atoms with van der Waals surface area (Å²) in [6.07, 6.45) is 1.69. The fourth-order valence-electron chi connectivity index (χ4n) is 1.16. The molecule has 0 aliphatic heterocycles. The van der Waals surface area contributed by atoms with Gasteiger partial charge in [-0.25, -0.2) is 0 Å². The molecule has 0 atom stereocenters.